The van der Waals surface area contributed by atoms with Crippen molar-refractivity contribution in [2.75, 3.05) is 0 Å². The molecule has 186 valence electrons. The molecule has 2 N–H and O–H groups in total. The van der Waals surface area contributed by atoms with E-state index in [-0.39, 0.29) is 34.9 Å². The summed E-state index contributed by atoms with van der Waals surface area (Å²) in [5.74, 6) is 2.15. The second kappa shape index (κ2) is 6.96. The average Bonchev–Trinajstić information content (AvgIpc) is 2.71. The molecule has 0 radical (unpaired) electrons. The van der Waals surface area contributed by atoms with Crippen molar-refractivity contribution in [3.63, 3.8) is 0 Å². The highest BCUT2D eigenvalue weighted by Crippen LogP contribution is 2.75. The quantitative estimate of drug-likeness (QED) is 0.428. The van der Waals surface area contributed by atoms with Crippen molar-refractivity contribution in [2.45, 2.75) is 113 Å². The second-order valence-corrected chi connectivity index (χ2v) is 14.7. The fourth-order valence-corrected chi connectivity index (χ4v) is 10.7. The minimum Gasteiger partial charge on any atom is -0.392 e. The average molecular weight is 457 g/mol. The highest BCUT2D eigenvalue weighted by Gasteiger charge is 2.71. The molecule has 0 unspecified atom stereocenters. The summed E-state index contributed by atoms with van der Waals surface area (Å²) >= 11 is 0. The molecule has 4 saturated carbocycles. The Kier molecular flexibility index (Phi) is 5.07. The smallest absolute Gasteiger partial charge is 0.141 e. The number of aliphatic hydroxyl groups excluding tert-OH is 2. The molecule has 3 heteroatoms. The molecule has 3 nitrogen and oxygen atoms in total. The Hall–Kier alpha value is -0.670. The van der Waals surface area contributed by atoms with Crippen LogP contribution in [0.2, 0.25) is 0 Å². The number of carbonyl (C=O) groups is 1. The zero-order valence-corrected chi connectivity index (χ0v) is 22.4. The lowest BCUT2D eigenvalue weighted by atomic mass is 9.32. The standard InChI is InChI=1S/C30H48O3/c1-17-9-11-27(5)13-14-28(6)19(24(27)18(17)2)15-20(31)25-29(28,7)12-10-21-26(3,4)22(32)16-23(33)30(21,25)8/h15,17-18,20-21,23-25,31,33H,9-14,16H2,1-8H3/t17-,18+,20+,21-,23+,24-,25-,27+,28+,29+,30+/m0/s1. The van der Waals surface area contributed by atoms with Gasteiger partial charge in [-0.1, -0.05) is 67.0 Å². The maximum absolute atomic E-state index is 13.0. The van der Waals surface area contributed by atoms with E-state index in [2.05, 4.69) is 61.5 Å². The molecule has 0 aromatic carbocycles. The number of fused-ring (bicyclic) bond motifs is 7. The van der Waals surface area contributed by atoms with E-state index in [0.717, 1.165) is 12.8 Å². The van der Waals surface area contributed by atoms with Crippen LogP contribution in [0.5, 0.6) is 0 Å². The summed E-state index contributed by atoms with van der Waals surface area (Å²) in [6, 6.07) is 0. The van der Waals surface area contributed by atoms with Crippen LogP contribution in [0.25, 0.3) is 0 Å². The SMILES string of the molecule is C[C@H]1[C@H]2C3=C[C@@H](O)[C@@H]4[C@@]5(C)[C@H](O)CC(=O)C(C)(C)[C@@H]5CC[C@@]4(C)[C@]3(C)CC[C@@]2(C)CC[C@@H]1C. The minimum absolute atomic E-state index is 0.0273. The molecule has 4 fully saturated rings. The monoisotopic (exact) mass is 456 g/mol. The van der Waals surface area contributed by atoms with Crippen LogP contribution in [0, 0.1) is 56.7 Å². The zero-order chi connectivity index (χ0) is 24.4. The first-order chi connectivity index (χ1) is 15.1. The second-order valence-electron chi connectivity index (χ2n) is 14.7. The molecule has 0 bridgehead atoms. The van der Waals surface area contributed by atoms with Crippen molar-refractivity contribution < 1.29 is 15.0 Å². The van der Waals surface area contributed by atoms with Crippen molar-refractivity contribution in [3.05, 3.63) is 11.6 Å². The Bertz CT molecular complexity index is 889. The summed E-state index contributed by atoms with van der Waals surface area (Å²) < 4.78 is 0. The van der Waals surface area contributed by atoms with Crippen LogP contribution >= 0.6 is 0 Å². The Balaban J connectivity index is 1.67. The molecule has 0 amide bonds. The van der Waals surface area contributed by atoms with Crippen molar-refractivity contribution in [2.24, 2.45) is 56.7 Å². The molecular weight excluding hydrogens is 408 g/mol. The van der Waals surface area contributed by atoms with Crippen LogP contribution in [-0.2, 0) is 4.79 Å². The fraction of sp³-hybridized carbons (Fsp3) is 0.900. The summed E-state index contributed by atoms with van der Waals surface area (Å²) in [5.41, 5.74) is 0.913. The molecule has 5 aliphatic carbocycles. The molecule has 0 aromatic rings. The van der Waals surface area contributed by atoms with E-state index in [0.29, 0.717) is 23.2 Å². The van der Waals surface area contributed by atoms with Gasteiger partial charge in [-0.25, -0.2) is 0 Å². The molecule has 11 atom stereocenters. The summed E-state index contributed by atoms with van der Waals surface area (Å²) in [4.78, 5) is 13.0. The molecule has 0 saturated heterocycles. The van der Waals surface area contributed by atoms with Crippen molar-refractivity contribution >= 4 is 5.78 Å². The molecule has 5 rings (SSSR count). The normalized spacial score (nSPS) is 57.8. The third-order valence-corrected chi connectivity index (χ3v) is 13.2. The highest BCUT2D eigenvalue weighted by atomic mass is 16.3. The first-order valence-corrected chi connectivity index (χ1v) is 13.8. The number of ketones is 1. The Labute approximate surface area is 201 Å². The number of Topliss-reactive ketones (excluding diaryl/α,β-unsaturated/α-hetero) is 1. The van der Waals surface area contributed by atoms with E-state index >= 15 is 0 Å². The van der Waals surface area contributed by atoms with E-state index in [4.69, 9.17) is 0 Å². The van der Waals surface area contributed by atoms with Gasteiger partial charge in [-0.05, 0) is 78.4 Å². The lowest BCUT2D eigenvalue weighted by Gasteiger charge is -2.72. The van der Waals surface area contributed by atoms with Gasteiger partial charge in [0, 0.05) is 23.2 Å². The Morgan fingerprint density at radius 1 is 0.909 bits per heavy atom. The predicted molar refractivity (Wildman–Crippen MR) is 132 cm³/mol. The number of allylic oxidation sites excluding steroid dienone is 1. The Morgan fingerprint density at radius 3 is 2.24 bits per heavy atom. The summed E-state index contributed by atoms with van der Waals surface area (Å²) in [6.45, 7) is 18.7. The topological polar surface area (TPSA) is 57.5 Å². The van der Waals surface area contributed by atoms with Gasteiger partial charge in [-0.2, -0.15) is 0 Å². The lowest BCUT2D eigenvalue weighted by Crippen LogP contribution is -2.70. The van der Waals surface area contributed by atoms with Crippen LogP contribution in [0.15, 0.2) is 11.6 Å². The van der Waals surface area contributed by atoms with Gasteiger partial charge in [0.2, 0.25) is 0 Å². The first-order valence-electron chi connectivity index (χ1n) is 13.8. The number of aliphatic hydroxyl groups is 2. The third-order valence-electron chi connectivity index (χ3n) is 13.2. The first kappa shape index (κ1) is 24.0. The van der Waals surface area contributed by atoms with Crippen molar-refractivity contribution in [3.8, 4) is 0 Å². The molecule has 0 spiro atoms. The largest absolute Gasteiger partial charge is 0.392 e. The van der Waals surface area contributed by atoms with Gasteiger partial charge in [0.1, 0.15) is 5.78 Å². The third kappa shape index (κ3) is 2.73. The maximum atomic E-state index is 13.0. The Morgan fingerprint density at radius 2 is 1.58 bits per heavy atom. The number of hydrogen-bond donors (Lipinski definition) is 2. The van der Waals surface area contributed by atoms with E-state index in [1.54, 1.807) is 0 Å². The fourth-order valence-electron chi connectivity index (χ4n) is 10.7. The van der Waals surface area contributed by atoms with Gasteiger partial charge in [-0.3, -0.25) is 4.79 Å². The molecule has 0 aromatic heterocycles. The number of hydrogen-bond acceptors (Lipinski definition) is 3. The van der Waals surface area contributed by atoms with Crippen LogP contribution in [0.3, 0.4) is 0 Å². The van der Waals surface area contributed by atoms with Crippen LogP contribution in [0.1, 0.15) is 100 Å². The summed E-state index contributed by atoms with van der Waals surface area (Å²) in [7, 11) is 0. The van der Waals surface area contributed by atoms with E-state index in [1.807, 2.05) is 0 Å². The van der Waals surface area contributed by atoms with E-state index < -0.39 is 23.0 Å². The van der Waals surface area contributed by atoms with Crippen molar-refractivity contribution in [1.82, 2.24) is 0 Å². The van der Waals surface area contributed by atoms with Crippen molar-refractivity contribution in [1.29, 1.82) is 0 Å². The van der Waals surface area contributed by atoms with Gasteiger partial charge >= 0.3 is 0 Å². The molecule has 0 aliphatic heterocycles. The van der Waals surface area contributed by atoms with Crippen LogP contribution in [0.4, 0.5) is 0 Å². The van der Waals surface area contributed by atoms with Crippen LogP contribution in [-0.4, -0.2) is 28.2 Å². The summed E-state index contributed by atoms with van der Waals surface area (Å²) in [6.07, 6.45) is 8.29. The molecular formula is C30H48O3. The zero-order valence-electron chi connectivity index (χ0n) is 22.4. The molecule has 5 aliphatic rings. The predicted octanol–water partition coefficient (Wildman–Crippen LogP) is 6.17. The van der Waals surface area contributed by atoms with Gasteiger partial charge < -0.3 is 10.2 Å². The molecule has 0 heterocycles. The summed E-state index contributed by atoms with van der Waals surface area (Å²) in [5, 5.41) is 23.4. The molecule has 33 heavy (non-hydrogen) atoms. The number of carbonyl (C=O) groups excluding carboxylic acids is 1. The van der Waals surface area contributed by atoms with E-state index in [9.17, 15) is 15.0 Å². The number of rotatable bonds is 0. The van der Waals surface area contributed by atoms with Gasteiger partial charge in [0.25, 0.3) is 0 Å². The van der Waals surface area contributed by atoms with Gasteiger partial charge in [0.05, 0.1) is 12.2 Å². The van der Waals surface area contributed by atoms with Gasteiger partial charge in [-0.15, -0.1) is 0 Å². The van der Waals surface area contributed by atoms with E-state index in [1.165, 1.54) is 31.3 Å². The van der Waals surface area contributed by atoms with Crippen LogP contribution < -0.4 is 0 Å². The lowest BCUT2D eigenvalue weighted by molar-refractivity contribution is -0.236. The highest BCUT2D eigenvalue weighted by molar-refractivity contribution is 5.86. The minimum atomic E-state index is -0.677. The maximum Gasteiger partial charge on any atom is 0.141 e. The van der Waals surface area contributed by atoms with Gasteiger partial charge in [0.15, 0.2) is 0 Å².